The molecule has 0 radical (unpaired) electrons. The van der Waals surface area contributed by atoms with Crippen LogP contribution in [0.1, 0.15) is 13.8 Å². The number of methoxy groups -OCH3 is 1. The summed E-state index contributed by atoms with van der Waals surface area (Å²) in [4.78, 5) is 11.8. The highest BCUT2D eigenvalue weighted by Gasteiger charge is 2.18. The molecular weight excluding hydrogens is 284 g/mol. The Kier molecular flexibility index (Phi) is 4.96. The number of amides is 1. The third-order valence-electron chi connectivity index (χ3n) is 2.45. The van der Waals surface area contributed by atoms with E-state index in [9.17, 15) is 4.79 Å². The second-order valence-corrected chi connectivity index (χ2v) is 4.96. The van der Waals surface area contributed by atoms with Crippen LogP contribution in [0.4, 0.5) is 5.69 Å². The average Bonchev–Trinajstić information content (AvgIpc) is 2.30. The van der Waals surface area contributed by atoms with Gasteiger partial charge in [0, 0.05) is 10.5 Å². The summed E-state index contributed by atoms with van der Waals surface area (Å²) in [6.07, 6.45) is 0. The minimum atomic E-state index is -0.520. The summed E-state index contributed by atoms with van der Waals surface area (Å²) in [5.41, 5.74) is 6.43. The molecule has 17 heavy (non-hydrogen) atoms. The van der Waals surface area contributed by atoms with Crippen molar-refractivity contribution < 1.29 is 9.53 Å². The predicted octanol–water partition coefficient (Wildman–Crippen LogP) is 2.38. The quantitative estimate of drug-likeness (QED) is 0.897. The molecule has 1 atom stereocenters. The van der Waals surface area contributed by atoms with Crippen LogP contribution in [0, 0.1) is 5.92 Å². The SMILES string of the molecule is COc1ccc(Br)c(NC(=O)[C@H](N)C(C)C)c1. The van der Waals surface area contributed by atoms with Gasteiger partial charge in [0.25, 0.3) is 0 Å². The molecule has 1 aromatic carbocycles. The van der Waals surface area contributed by atoms with Gasteiger partial charge < -0.3 is 15.8 Å². The van der Waals surface area contributed by atoms with Crippen LogP contribution >= 0.6 is 15.9 Å². The largest absolute Gasteiger partial charge is 0.497 e. The Labute approximate surface area is 110 Å². The van der Waals surface area contributed by atoms with E-state index in [1.165, 1.54) is 0 Å². The van der Waals surface area contributed by atoms with E-state index in [-0.39, 0.29) is 11.8 Å². The zero-order valence-corrected chi connectivity index (χ0v) is 11.7. The minimum Gasteiger partial charge on any atom is -0.497 e. The number of carbonyl (C=O) groups excluding carboxylic acids is 1. The van der Waals surface area contributed by atoms with E-state index in [4.69, 9.17) is 10.5 Å². The fourth-order valence-corrected chi connectivity index (χ4v) is 1.59. The van der Waals surface area contributed by atoms with E-state index in [1.807, 2.05) is 26.0 Å². The highest BCUT2D eigenvalue weighted by molar-refractivity contribution is 9.10. The fraction of sp³-hybridized carbons (Fsp3) is 0.417. The van der Waals surface area contributed by atoms with Crippen molar-refractivity contribution in [1.82, 2.24) is 0 Å². The summed E-state index contributed by atoms with van der Waals surface area (Å²) in [6, 6.07) is 4.85. The molecule has 3 N–H and O–H groups in total. The summed E-state index contributed by atoms with van der Waals surface area (Å²) in [7, 11) is 1.58. The molecule has 0 spiro atoms. The number of hydrogen-bond acceptors (Lipinski definition) is 3. The number of benzene rings is 1. The van der Waals surface area contributed by atoms with Crippen molar-refractivity contribution in [3.8, 4) is 5.75 Å². The van der Waals surface area contributed by atoms with E-state index in [0.717, 1.165) is 4.47 Å². The molecule has 0 fully saturated rings. The fourth-order valence-electron chi connectivity index (χ4n) is 1.25. The Morgan fingerprint density at radius 2 is 2.12 bits per heavy atom. The van der Waals surface area contributed by atoms with Crippen LogP contribution in [0.2, 0.25) is 0 Å². The van der Waals surface area contributed by atoms with E-state index >= 15 is 0 Å². The molecule has 0 aromatic heterocycles. The van der Waals surface area contributed by atoms with Gasteiger partial charge in [0.1, 0.15) is 5.75 Å². The Morgan fingerprint density at radius 3 is 2.65 bits per heavy atom. The van der Waals surface area contributed by atoms with Crippen LogP contribution in [0.25, 0.3) is 0 Å². The number of carbonyl (C=O) groups is 1. The average molecular weight is 301 g/mol. The Morgan fingerprint density at radius 1 is 1.47 bits per heavy atom. The zero-order valence-electron chi connectivity index (χ0n) is 10.2. The molecular formula is C12H17BrN2O2. The molecule has 4 nitrogen and oxygen atoms in total. The molecule has 0 saturated carbocycles. The molecule has 0 unspecified atom stereocenters. The third-order valence-corrected chi connectivity index (χ3v) is 3.14. The number of rotatable bonds is 4. The molecule has 0 saturated heterocycles. The van der Waals surface area contributed by atoms with Crippen LogP contribution in [0.5, 0.6) is 5.75 Å². The summed E-state index contributed by atoms with van der Waals surface area (Å²) in [5.74, 6) is 0.579. The van der Waals surface area contributed by atoms with Gasteiger partial charge in [0.2, 0.25) is 5.91 Å². The molecule has 0 bridgehead atoms. The summed E-state index contributed by atoms with van der Waals surface area (Å²) >= 11 is 3.36. The summed E-state index contributed by atoms with van der Waals surface area (Å²) in [5, 5.41) is 2.78. The van der Waals surface area contributed by atoms with Crippen LogP contribution in [0.15, 0.2) is 22.7 Å². The Bertz CT molecular complexity index is 407. The Balaban J connectivity index is 2.84. The van der Waals surface area contributed by atoms with Gasteiger partial charge in [-0.05, 0) is 34.0 Å². The van der Waals surface area contributed by atoms with Crippen LogP contribution in [0.3, 0.4) is 0 Å². The normalized spacial score (nSPS) is 12.4. The first kappa shape index (κ1) is 14.0. The van der Waals surface area contributed by atoms with Crippen LogP contribution < -0.4 is 15.8 Å². The molecule has 0 aliphatic heterocycles. The molecule has 1 rings (SSSR count). The smallest absolute Gasteiger partial charge is 0.241 e. The van der Waals surface area contributed by atoms with Gasteiger partial charge in [0.15, 0.2) is 0 Å². The zero-order chi connectivity index (χ0) is 13.0. The van der Waals surface area contributed by atoms with Crippen molar-refractivity contribution in [3.63, 3.8) is 0 Å². The number of halogens is 1. The first-order valence-corrected chi connectivity index (χ1v) is 6.15. The monoisotopic (exact) mass is 300 g/mol. The van der Waals surface area contributed by atoms with Gasteiger partial charge in [-0.15, -0.1) is 0 Å². The summed E-state index contributed by atoms with van der Waals surface area (Å²) in [6.45, 7) is 3.82. The van der Waals surface area contributed by atoms with Crippen molar-refractivity contribution in [2.75, 3.05) is 12.4 Å². The van der Waals surface area contributed by atoms with Gasteiger partial charge in [0.05, 0.1) is 18.8 Å². The van der Waals surface area contributed by atoms with Crippen molar-refractivity contribution in [2.24, 2.45) is 11.7 Å². The van der Waals surface area contributed by atoms with Gasteiger partial charge in [-0.3, -0.25) is 4.79 Å². The van der Waals surface area contributed by atoms with Gasteiger partial charge in [-0.2, -0.15) is 0 Å². The van der Waals surface area contributed by atoms with Crippen molar-refractivity contribution in [2.45, 2.75) is 19.9 Å². The second kappa shape index (κ2) is 6.02. The molecule has 5 heteroatoms. The first-order chi connectivity index (χ1) is 7.95. The minimum absolute atomic E-state index is 0.0967. The van der Waals surface area contributed by atoms with E-state index in [2.05, 4.69) is 21.2 Å². The van der Waals surface area contributed by atoms with Gasteiger partial charge >= 0.3 is 0 Å². The maximum Gasteiger partial charge on any atom is 0.241 e. The number of nitrogens with one attached hydrogen (secondary N) is 1. The molecule has 1 aromatic rings. The topological polar surface area (TPSA) is 64.3 Å². The maximum atomic E-state index is 11.8. The maximum absolute atomic E-state index is 11.8. The van der Waals surface area contributed by atoms with E-state index in [0.29, 0.717) is 11.4 Å². The molecule has 0 aliphatic rings. The highest BCUT2D eigenvalue weighted by Crippen LogP contribution is 2.27. The molecule has 94 valence electrons. The van der Waals surface area contributed by atoms with E-state index < -0.39 is 6.04 Å². The van der Waals surface area contributed by atoms with Gasteiger partial charge in [-0.25, -0.2) is 0 Å². The lowest BCUT2D eigenvalue weighted by Gasteiger charge is -2.16. The van der Waals surface area contributed by atoms with Crippen molar-refractivity contribution in [3.05, 3.63) is 22.7 Å². The number of nitrogens with two attached hydrogens (primary N) is 1. The van der Waals surface area contributed by atoms with Crippen LogP contribution in [-0.4, -0.2) is 19.1 Å². The highest BCUT2D eigenvalue weighted by atomic mass is 79.9. The Hall–Kier alpha value is -1.07. The van der Waals surface area contributed by atoms with Crippen LogP contribution in [-0.2, 0) is 4.79 Å². The lowest BCUT2D eigenvalue weighted by atomic mass is 10.0. The van der Waals surface area contributed by atoms with Crippen molar-refractivity contribution >= 4 is 27.5 Å². The molecule has 1 amide bonds. The predicted molar refractivity (Wildman–Crippen MR) is 72.1 cm³/mol. The lowest BCUT2D eigenvalue weighted by molar-refractivity contribution is -0.118. The summed E-state index contributed by atoms with van der Waals surface area (Å²) < 4.78 is 5.89. The lowest BCUT2D eigenvalue weighted by Crippen LogP contribution is -2.39. The van der Waals surface area contributed by atoms with Gasteiger partial charge in [-0.1, -0.05) is 13.8 Å². The van der Waals surface area contributed by atoms with Crippen molar-refractivity contribution in [1.29, 1.82) is 0 Å². The third kappa shape index (κ3) is 3.71. The van der Waals surface area contributed by atoms with E-state index in [1.54, 1.807) is 13.2 Å². The standard InChI is InChI=1S/C12H17BrN2O2/c1-7(2)11(14)12(16)15-10-6-8(17-3)4-5-9(10)13/h4-7,11H,14H2,1-3H3,(H,15,16)/t11-/m1/s1. The number of hydrogen-bond donors (Lipinski definition) is 2. The molecule has 0 heterocycles. The molecule has 0 aliphatic carbocycles. The number of ether oxygens (including phenoxy) is 1. The number of anilines is 1. The first-order valence-electron chi connectivity index (χ1n) is 5.35. The second-order valence-electron chi connectivity index (χ2n) is 4.10.